The number of nitrogens with zero attached hydrogens (tertiary/aromatic N) is 1. The average Bonchev–Trinajstić information content (AvgIpc) is 2.35. The first kappa shape index (κ1) is 11.2. The number of H-pyrrole nitrogens is 1. The molecule has 0 fully saturated rings. The maximum absolute atomic E-state index is 11.7. The van der Waals surface area contributed by atoms with Crippen molar-refractivity contribution in [3.8, 4) is 17.3 Å². The number of rotatable bonds is 1. The van der Waals surface area contributed by atoms with Gasteiger partial charge in [0.15, 0.2) is 0 Å². The van der Waals surface area contributed by atoms with Gasteiger partial charge >= 0.3 is 0 Å². The summed E-state index contributed by atoms with van der Waals surface area (Å²) < 4.78 is 0. The van der Waals surface area contributed by atoms with Crippen LogP contribution >= 0.6 is 0 Å². The van der Waals surface area contributed by atoms with E-state index in [1.54, 1.807) is 6.92 Å². The van der Waals surface area contributed by atoms with Crippen molar-refractivity contribution in [1.29, 1.82) is 5.26 Å². The molecule has 0 saturated heterocycles. The summed E-state index contributed by atoms with van der Waals surface area (Å²) in [7, 11) is 0. The standard InChI is InChI=1S/C14H12N2O/c1-9-10(2)13(11-6-4-3-5-7-11)16-14(17)12(9)8-15/h3-7H,1-2H3,(H,16,17). The third-order valence-electron chi connectivity index (χ3n) is 2.95. The zero-order valence-electron chi connectivity index (χ0n) is 9.74. The van der Waals surface area contributed by atoms with Crippen LogP contribution in [0.25, 0.3) is 11.3 Å². The van der Waals surface area contributed by atoms with Gasteiger partial charge in [0.1, 0.15) is 11.6 Å². The van der Waals surface area contributed by atoms with Crippen molar-refractivity contribution in [1.82, 2.24) is 4.98 Å². The van der Waals surface area contributed by atoms with Gasteiger partial charge in [0.25, 0.3) is 5.56 Å². The SMILES string of the molecule is Cc1c(-c2ccccc2)[nH]c(=O)c(C#N)c1C. The minimum atomic E-state index is -0.325. The van der Waals surface area contributed by atoms with Gasteiger partial charge in [-0.1, -0.05) is 30.3 Å². The van der Waals surface area contributed by atoms with Crippen LogP contribution in [0.2, 0.25) is 0 Å². The lowest BCUT2D eigenvalue weighted by atomic mass is 10.00. The van der Waals surface area contributed by atoms with Crippen LogP contribution in [0.1, 0.15) is 16.7 Å². The Kier molecular flexibility index (Phi) is 2.80. The monoisotopic (exact) mass is 224 g/mol. The first-order chi connectivity index (χ1) is 8.15. The molecule has 1 N–H and O–H groups in total. The molecule has 0 saturated carbocycles. The maximum atomic E-state index is 11.7. The molecule has 0 unspecified atom stereocenters. The van der Waals surface area contributed by atoms with Crippen molar-refractivity contribution in [3.05, 3.63) is 57.4 Å². The molecule has 0 spiro atoms. The van der Waals surface area contributed by atoms with Gasteiger partial charge in [-0.05, 0) is 30.5 Å². The molecule has 1 aromatic heterocycles. The van der Waals surface area contributed by atoms with Gasteiger partial charge in [0.2, 0.25) is 0 Å². The molecule has 2 rings (SSSR count). The molecule has 0 aliphatic heterocycles. The van der Waals surface area contributed by atoms with Gasteiger partial charge in [0.05, 0.1) is 5.69 Å². The highest BCUT2D eigenvalue weighted by atomic mass is 16.1. The van der Waals surface area contributed by atoms with Crippen LogP contribution < -0.4 is 5.56 Å². The first-order valence-corrected chi connectivity index (χ1v) is 5.34. The number of hydrogen-bond acceptors (Lipinski definition) is 2. The van der Waals surface area contributed by atoms with E-state index in [0.717, 1.165) is 22.4 Å². The Hall–Kier alpha value is -2.34. The molecular weight excluding hydrogens is 212 g/mol. The lowest BCUT2D eigenvalue weighted by Gasteiger charge is -2.09. The lowest BCUT2D eigenvalue weighted by Crippen LogP contribution is -2.14. The van der Waals surface area contributed by atoms with E-state index in [9.17, 15) is 4.79 Å². The minimum absolute atomic E-state index is 0.196. The molecule has 1 aromatic carbocycles. The number of nitriles is 1. The predicted octanol–water partition coefficient (Wildman–Crippen LogP) is 2.53. The highest BCUT2D eigenvalue weighted by Gasteiger charge is 2.11. The van der Waals surface area contributed by atoms with Gasteiger partial charge in [-0.25, -0.2) is 0 Å². The van der Waals surface area contributed by atoms with Crippen LogP contribution in [0, 0.1) is 25.2 Å². The average molecular weight is 224 g/mol. The normalized spacial score (nSPS) is 9.94. The molecule has 1 heterocycles. The summed E-state index contributed by atoms with van der Waals surface area (Å²) in [6.07, 6.45) is 0. The summed E-state index contributed by atoms with van der Waals surface area (Å²) in [5.41, 5.74) is 3.29. The highest BCUT2D eigenvalue weighted by Crippen LogP contribution is 2.22. The van der Waals surface area contributed by atoms with Gasteiger partial charge in [0, 0.05) is 0 Å². The molecule has 3 heteroatoms. The number of aromatic amines is 1. The number of pyridine rings is 1. The number of benzene rings is 1. The third-order valence-corrected chi connectivity index (χ3v) is 2.95. The molecule has 17 heavy (non-hydrogen) atoms. The van der Waals surface area contributed by atoms with Crippen LogP contribution in [-0.4, -0.2) is 4.98 Å². The predicted molar refractivity (Wildman–Crippen MR) is 66.7 cm³/mol. The Morgan fingerprint density at radius 3 is 2.35 bits per heavy atom. The fourth-order valence-electron chi connectivity index (χ4n) is 1.84. The maximum Gasteiger partial charge on any atom is 0.266 e. The lowest BCUT2D eigenvalue weighted by molar-refractivity contribution is 1.14. The topological polar surface area (TPSA) is 56.6 Å². The van der Waals surface area contributed by atoms with Gasteiger partial charge in [-0.2, -0.15) is 5.26 Å². The van der Waals surface area contributed by atoms with E-state index < -0.39 is 0 Å². The van der Waals surface area contributed by atoms with Crippen molar-refractivity contribution >= 4 is 0 Å². The molecule has 2 aromatic rings. The summed E-state index contributed by atoms with van der Waals surface area (Å²) in [5.74, 6) is 0. The minimum Gasteiger partial charge on any atom is -0.321 e. The number of nitrogens with one attached hydrogen (secondary N) is 1. The van der Waals surface area contributed by atoms with E-state index in [1.165, 1.54) is 0 Å². The zero-order chi connectivity index (χ0) is 12.4. The number of hydrogen-bond donors (Lipinski definition) is 1. The van der Waals surface area contributed by atoms with E-state index in [-0.39, 0.29) is 11.1 Å². The molecular formula is C14H12N2O. The summed E-state index contributed by atoms with van der Waals surface area (Å²) in [6.45, 7) is 3.71. The van der Waals surface area contributed by atoms with E-state index in [2.05, 4.69) is 4.98 Å². The number of aromatic nitrogens is 1. The Morgan fingerprint density at radius 2 is 1.76 bits per heavy atom. The van der Waals surface area contributed by atoms with Crippen LogP contribution in [0.4, 0.5) is 0 Å². The fourth-order valence-corrected chi connectivity index (χ4v) is 1.84. The molecule has 0 aliphatic rings. The van der Waals surface area contributed by atoms with Gasteiger partial charge in [-0.3, -0.25) is 4.79 Å². The van der Waals surface area contributed by atoms with Crippen LogP contribution in [0.3, 0.4) is 0 Å². The Morgan fingerprint density at radius 1 is 1.12 bits per heavy atom. The van der Waals surface area contributed by atoms with Crippen molar-refractivity contribution in [2.24, 2.45) is 0 Å². The Balaban J connectivity index is 2.75. The smallest absolute Gasteiger partial charge is 0.266 e. The summed E-state index contributed by atoms with van der Waals surface area (Å²) in [4.78, 5) is 14.5. The van der Waals surface area contributed by atoms with E-state index in [1.807, 2.05) is 43.3 Å². The Bertz CT molecular complexity index is 648. The fraction of sp³-hybridized carbons (Fsp3) is 0.143. The second kappa shape index (κ2) is 4.26. The van der Waals surface area contributed by atoms with Crippen LogP contribution in [0.15, 0.2) is 35.1 Å². The second-order valence-corrected chi connectivity index (χ2v) is 3.93. The molecule has 0 bridgehead atoms. The molecule has 0 amide bonds. The van der Waals surface area contributed by atoms with Gasteiger partial charge < -0.3 is 4.98 Å². The molecule has 84 valence electrons. The first-order valence-electron chi connectivity index (χ1n) is 5.34. The van der Waals surface area contributed by atoms with E-state index in [0.29, 0.717) is 0 Å². The molecule has 0 atom stereocenters. The largest absolute Gasteiger partial charge is 0.321 e. The van der Waals surface area contributed by atoms with Crippen molar-refractivity contribution in [2.45, 2.75) is 13.8 Å². The third kappa shape index (κ3) is 1.85. The molecule has 0 aliphatic carbocycles. The molecule has 3 nitrogen and oxygen atoms in total. The van der Waals surface area contributed by atoms with Crippen molar-refractivity contribution < 1.29 is 0 Å². The summed E-state index contributed by atoms with van der Waals surface area (Å²) >= 11 is 0. The zero-order valence-corrected chi connectivity index (χ0v) is 9.74. The van der Waals surface area contributed by atoms with Gasteiger partial charge in [-0.15, -0.1) is 0 Å². The highest BCUT2D eigenvalue weighted by molar-refractivity contribution is 5.65. The van der Waals surface area contributed by atoms with Crippen molar-refractivity contribution in [2.75, 3.05) is 0 Å². The van der Waals surface area contributed by atoms with Crippen molar-refractivity contribution in [3.63, 3.8) is 0 Å². The van der Waals surface area contributed by atoms with E-state index >= 15 is 0 Å². The second-order valence-electron chi connectivity index (χ2n) is 3.93. The Labute approximate surface area is 99.4 Å². The summed E-state index contributed by atoms with van der Waals surface area (Å²) in [5, 5.41) is 8.92. The summed E-state index contributed by atoms with van der Waals surface area (Å²) in [6, 6.07) is 11.6. The molecule has 0 radical (unpaired) electrons. The quantitative estimate of drug-likeness (QED) is 0.809. The van der Waals surface area contributed by atoms with Crippen LogP contribution in [0.5, 0.6) is 0 Å². The van der Waals surface area contributed by atoms with Crippen LogP contribution in [-0.2, 0) is 0 Å². The van der Waals surface area contributed by atoms with E-state index in [4.69, 9.17) is 5.26 Å².